The minimum absolute atomic E-state index is 0.218. The number of fused-ring (bicyclic) bond motifs is 2. The predicted molar refractivity (Wildman–Crippen MR) is 150 cm³/mol. The minimum atomic E-state index is -0.493. The third kappa shape index (κ3) is 5.49. The van der Waals surface area contributed by atoms with Crippen molar-refractivity contribution in [2.24, 2.45) is 5.10 Å². The molecule has 2 aromatic heterocycles. The van der Waals surface area contributed by atoms with Gasteiger partial charge in [-0.2, -0.15) is 9.78 Å². The van der Waals surface area contributed by atoms with Crippen LogP contribution in [0.25, 0.3) is 33.5 Å². The first-order valence-corrected chi connectivity index (χ1v) is 12.8. The third-order valence-electron chi connectivity index (χ3n) is 5.45. The van der Waals surface area contributed by atoms with E-state index in [4.69, 9.17) is 25.5 Å². The molecule has 0 aliphatic rings. The first kappa shape index (κ1) is 25.7. The average Bonchev–Trinajstić information content (AvgIpc) is 3.30. The van der Waals surface area contributed by atoms with Gasteiger partial charge in [0.1, 0.15) is 11.3 Å². The maximum atomic E-state index is 13.5. The molecule has 5 aromatic rings. The zero-order valence-electron chi connectivity index (χ0n) is 20.4. The van der Waals surface area contributed by atoms with Gasteiger partial charge in [-0.15, -0.1) is 0 Å². The summed E-state index contributed by atoms with van der Waals surface area (Å²) >= 11 is 9.59. The van der Waals surface area contributed by atoms with E-state index in [0.717, 1.165) is 9.86 Å². The van der Waals surface area contributed by atoms with Gasteiger partial charge in [0.05, 0.1) is 23.2 Å². The number of carbonyl (C=O) groups is 1. The van der Waals surface area contributed by atoms with E-state index < -0.39 is 5.97 Å². The molecule has 0 N–H and O–H groups in total. The topological polar surface area (TPSA) is 95.9 Å². The number of rotatable bonds is 7. The van der Waals surface area contributed by atoms with Crippen LogP contribution in [0, 0.1) is 0 Å². The summed E-state index contributed by atoms with van der Waals surface area (Å²) in [5.74, 6) is 0.465. The Labute approximate surface area is 230 Å². The molecule has 0 atom stereocenters. The summed E-state index contributed by atoms with van der Waals surface area (Å²) in [4.78, 5) is 30.2. The van der Waals surface area contributed by atoms with Gasteiger partial charge in [-0.05, 0) is 68.4 Å². The van der Waals surface area contributed by atoms with Crippen LogP contribution < -0.4 is 10.3 Å². The lowest BCUT2D eigenvalue weighted by Crippen LogP contribution is -2.20. The minimum Gasteiger partial charge on any atom is -0.481 e. The maximum absolute atomic E-state index is 13.5. The molecule has 0 aliphatic heterocycles. The highest BCUT2D eigenvalue weighted by Gasteiger charge is 2.17. The van der Waals surface area contributed by atoms with Crippen molar-refractivity contribution in [1.82, 2.24) is 9.66 Å². The molecule has 0 radical (unpaired) electrons. The van der Waals surface area contributed by atoms with Gasteiger partial charge in [-0.3, -0.25) is 4.79 Å². The van der Waals surface area contributed by atoms with Crippen LogP contribution in [0.5, 0.6) is 5.75 Å². The van der Waals surface area contributed by atoms with Gasteiger partial charge < -0.3 is 13.9 Å². The molecule has 0 saturated heterocycles. The quantitative estimate of drug-likeness (QED) is 0.159. The van der Waals surface area contributed by atoms with Crippen LogP contribution in [-0.4, -0.2) is 34.6 Å². The molecule has 192 valence electrons. The largest absolute Gasteiger partial charge is 0.481 e. The van der Waals surface area contributed by atoms with Gasteiger partial charge in [0, 0.05) is 20.4 Å². The molecule has 0 spiro atoms. The summed E-state index contributed by atoms with van der Waals surface area (Å²) in [5, 5.41) is 6.21. The first-order chi connectivity index (χ1) is 18.3. The number of furan rings is 1. The molecule has 0 saturated carbocycles. The Balaban J connectivity index is 1.59. The van der Waals surface area contributed by atoms with Gasteiger partial charge in [0.2, 0.25) is 5.82 Å². The number of nitrogens with zero attached hydrogens (tertiary/aromatic N) is 3. The van der Waals surface area contributed by atoms with Crippen molar-refractivity contribution in [3.8, 4) is 17.3 Å². The van der Waals surface area contributed by atoms with E-state index in [1.54, 1.807) is 80.6 Å². The van der Waals surface area contributed by atoms with Gasteiger partial charge >= 0.3 is 5.97 Å². The number of hydrogen-bond acceptors (Lipinski definition) is 7. The smallest absolute Gasteiger partial charge is 0.344 e. The lowest BCUT2D eigenvalue weighted by atomic mass is 10.2. The van der Waals surface area contributed by atoms with E-state index in [0.29, 0.717) is 38.6 Å². The zero-order valence-corrected chi connectivity index (χ0v) is 22.7. The van der Waals surface area contributed by atoms with Crippen molar-refractivity contribution in [2.75, 3.05) is 6.61 Å². The lowest BCUT2D eigenvalue weighted by molar-refractivity contribution is -0.149. The SMILES string of the molecule is CC(C)OC(=O)COc1ccc(Br)cc1C=Nn1c(-c2cc3cc(Cl)ccc3o2)nc2ccccc2c1=O. The predicted octanol–water partition coefficient (Wildman–Crippen LogP) is 6.44. The Bertz CT molecular complexity index is 1760. The van der Waals surface area contributed by atoms with Gasteiger partial charge in [-0.1, -0.05) is 39.7 Å². The normalized spacial score (nSPS) is 11.6. The van der Waals surface area contributed by atoms with Crippen LogP contribution in [0.4, 0.5) is 0 Å². The molecule has 0 aliphatic carbocycles. The van der Waals surface area contributed by atoms with Crippen LogP contribution in [0.1, 0.15) is 19.4 Å². The fourth-order valence-corrected chi connectivity index (χ4v) is 4.38. The Kier molecular flexibility index (Phi) is 7.31. The molecule has 0 amide bonds. The van der Waals surface area contributed by atoms with E-state index in [-0.39, 0.29) is 24.1 Å². The Morgan fingerprint density at radius 1 is 1.16 bits per heavy atom. The Morgan fingerprint density at radius 2 is 1.97 bits per heavy atom. The number of ether oxygens (including phenoxy) is 2. The van der Waals surface area contributed by atoms with Gasteiger partial charge in [0.25, 0.3) is 5.56 Å². The molecule has 38 heavy (non-hydrogen) atoms. The van der Waals surface area contributed by atoms with Crippen molar-refractivity contribution in [3.63, 3.8) is 0 Å². The number of halogens is 2. The van der Waals surface area contributed by atoms with E-state index in [1.807, 2.05) is 0 Å². The van der Waals surface area contributed by atoms with Crippen LogP contribution in [0.15, 0.2) is 85.5 Å². The van der Waals surface area contributed by atoms with Crippen molar-refractivity contribution >= 4 is 61.6 Å². The molecule has 0 fully saturated rings. The number of benzene rings is 3. The third-order valence-corrected chi connectivity index (χ3v) is 6.18. The fourth-order valence-electron chi connectivity index (χ4n) is 3.82. The van der Waals surface area contributed by atoms with Crippen molar-refractivity contribution < 1.29 is 18.7 Å². The van der Waals surface area contributed by atoms with Crippen LogP contribution in [0.2, 0.25) is 5.02 Å². The average molecular weight is 595 g/mol. The number of hydrogen-bond donors (Lipinski definition) is 0. The molecule has 5 rings (SSSR count). The molecular formula is C28H21BrClN3O5. The maximum Gasteiger partial charge on any atom is 0.344 e. The molecule has 8 nitrogen and oxygen atoms in total. The molecule has 10 heteroatoms. The van der Waals surface area contributed by atoms with Crippen LogP contribution in [-0.2, 0) is 9.53 Å². The molecule has 0 bridgehead atoms. The molecule has 2 heterocycles. The fraction of sp³-hybridized carbons (Fsp3) is 0.143. The lowest BCUT2D eigenvalue weighted by Gasteiger charge is -2.11. The molecular weight excluding hydrogens is 574 g/mol. The number of aromatic nitrogens is 2. The Hall–Kier alpha value is -3.95. The number of carbonyl (C=O) groups excluding carboxylic acids is 1. The summed E-state index contributed by atoms with van der Waals surface area (Å²) in [7, 11) is 0. The summed E-state index contributed by atoms with van der Waals surface area (Å²) in [6.07, 6.45) is 1.21. The number of esters is 1. The molecule has 0 unspecified atom stereocenters. The highest BCUT2D eigenvalue weighted by Crippen LogP contribution is 2.29. The van der Waals surface area contributed by atoms with Gasteiger partial charge in [-0.25, -0.2) is 9.78 Å². The standard InChI is InChI=1S/C28H21BrClN3O5/c1-16(2)37-26(34)15-36-23-9-7-19(29)11-18(23)14-31-33-27(32-22-6-4-3-5-21(22)28(33)35)25-13-17-12-20(30)8-10-24(17)38-25/h3-14,16H,15H2,1-2H3. The van der Waals surface area contributed by atoms with Crippen LogP contribution >= 0.6 is 27.5 Å². The Morgan fingerprint density at radius 3 is 2.79 bits per heavy atom. The van der Waals surface area contributed by atoms with Crippen molar-refractivity contribution in [2.45, 2.75) is 20.0 Å². The van der Waals surface area contributed by atoms with E-state index in [1.165, 1.54) is 10.9 Å². The monoisotopic (exact) mass is 593 g/mol. The summed E-state index contributed by atoms with van der Waals surface area (Å²) in [6.45, 7) is 3.25. The van der Waals surface area contributed by atoms with E-state index in [9.17, 15) is 9.59 Å². The second-order valence-corrected chi connectivity index (χ2v) is 9.97. The summed E-state index contributed by atoms with van der Waals surface area (Å²) < 4.78 is 18.8. The van der Waals surface area contributed by atoms with E-state index >= 15 is 0 Å². The summed E-state index contributed by atoms with van der Waals surface area (Å²) in [6, 6.07) is 19.2. The zero-order chi connectivity index (χ0) is 26.8. The van der Waals surface area contributed by atoms with Crippen LogP contribution in [0.3, 0.4) is 0 Å². The second kappa shape index (κ2) is 10.8. The van der Waals surface area contributed by atoms with E-state index in [2.05, 4.69) is 26.0 Å². The van der Waals surface area contributed by atoms with Crippen molar-refractivity contribution in [3.05, 3.63) is 92.1 Å². The van der Waals surface area contributed by atoms with Crippen molar-refractivity contribution in [1.29, 1.82) is 0 Å². The highest BCUT2D eigenvalue weighted by atomic mass is 79.9. The number of para-hydroxylation sites is 1. The highest BCUT2D eigenvalue weighted by molar-refractivity contribution is 9.10. The first-order valence-electron chi connectivity index (χ1n) is 11.7. The van der Waals surface area contributed by atoms with Gasteiger partial charge in [0.15, 0.2) is 12.4 Å². The summed E-state index contributed by atoms with van der Waals surface area (Å²) in [5.41, 5.74) is 1.25. The second-order valence-electron chi connectivity index (χ2n) is 8.62. The molecule has 3 aromatic carbocycles.